The van der Waals surface area contributed by atoms with Gasteiger partial charge in [0.25, 0.3) is 0 Å². The molecule has 0 saturated heterocycles. The lowest BCUT2D eigenvalue weighted by Crippen LogP contribution is -2.19. The Morgan fingerprint density at radius 1 is 1.10 bits per heavy atom. The van der Waals surface area contributed by atoms with E-state index >= 15 is 0 Å². The largest absolute Gasteiger partial charge is 0.497 e. The highest BCUT2D eigenvalue weighted by molar-refractivity contribution is 5.34. The number of benzene rings is 1. The van der Waals surface area contributed by atoms with Gasteiger partial charge < -0.3 is 14.8 Å². The maximum absolute atomic E-state index is 5.64. The minimum atomic E-state index is 0.468. The molecule has 112 valence electrons. The van der Waals surface area contributed by atoms with Crippen LogP contribution in [0.3, 0.4) is 0 Å². The van der Waals surface area contributed by atoms with Crippen molar-refractivity contribution in [2.24, 2.45) is 5.92 Å². The highest BCUT2D eigenvalue weighted by Crippen LogP contribution is 2.23. The number of aromatic nitrogens is 2. The van der Waals surface area contributed by atoms with E-state index in [9.17, 15) is 0 Å². The standard InChI is InChI=1S/C16H21N3O2/c1-12(2)10-17-11-13-7-8-16(19-18-13)21-15-6-4-5-14(9-15)20-3/h4-9,12,17H,10-11H2,1-3H3. The minimum Gasteiger partial charge on any atom is -0.497 e. The van der Waals surface area contributed by atoms with Gasteiger partial charge in [0.2, 0.25) is 5.88 Å². The van der Waals surface area contributed by atoms with Crippen LogP contribution in [0.25, 0.3) is 0 Å². The van der Waals surface area contributed by atoms with E-state index in [4.69, 9.17) is 9.47 Å². The number of rotatable bonds is 7. The van der Waals surface area contributed by atoms with E-state index in [1.54, 1.807) is 13.2 Å². The fraction of sp³-hybridized carbons (Fsp3) is 0.375. The lowest BCUT2D eigenvalue weighted by molar-refractivity contribution is 0.406. The first-order chi connectivity index (χ1) is 10.2. The van der Waals surface area contributed by atoms with Gasteiger partial charge in [-0.05, 0) is 30.7 Å². The number of hydrogen-bond acceptors (Lipinski definition) is 5. The van der Waals surface area contributed by atoms with Crippen LogP contribution in [0.5, 0.6) is 17.4 Å². The second kappa shape index (κ2) is 7.59. The third-order valence-electron chi connectivity index (χ3n) is 2.82. The van der Waals surface area contributed by atoms with Crippen molar-refractivity contribution in [1.82, 2.24) is 15.5 Å². The van der Waals surface area contributed by atoms with Crippen LogP contribution >= 0.6 is 0 Å². The molecule has 0 fully saturated rings. The summed E-state index contributed by atoms with van der Waals surface area (Å²) in [7, 11) is 1.62. The van der Waals surface area contributed by atoms with Crippen LogP contribution in [0, 0.1) is 5.92 Å². The maximum Gasteiger partial charge on any atom is 0.238 e. The van der Waals surface area contributed by atoms with Gasteiger partial charge in [0, 0.05) is 18.7 Å². The zero-order chi connectivity index (χ0) is 15.1. The van der Waals surface area contributed by atoms with Gasteiger partial charge in [0.15, 0.2) is 0 Å². The molecule has 5 nitrogen and oxygen atoms in total. The summed E-state index contributed by atoms with van der Waals surface area (Å²) in [6.07, 6.45) is 0. The van der Waals surface area contributed by atoms with Gasteiger partial charge in [-0.25, -0.2) is 0 Å². The second-order valence-electron chi connectivity index (χ2n) is 5.17. The molecule has 0 spiro atoms. The normalized spacial score (nSPS) is 10.7. The highest BCUT2D eigenvalue weighted by Gasteiger charge is 2.02. The van der Waals surface area contributed by atoms with Gasteiger partial charge in [-0.15, -0.1) is 5.10 Å². The van der Waals surface area contributed by atoms with Gasteiger partial charge in [-0.2, -0.15) is 5.10 Å². The van der Waals surface area contributed by atoms with Crippen molar-refractivity contribution < 1.29 is 9.47 Å². The zero-order valence-electron chi connectivity index (χ0n) is 12.7. The van der Waals surface area contributed by atoms with Crippen molar-refractivity contribution in [3.05, 3.63) is 42.1 Å². The van der Waals surface area contributed by atoms with E-state index in [1.807, 2.05) is 30.3 Å². The summed E-state index contributed by atoms with van der Waals surface area (Å²) >= 11 is 0. The summed E-state index contributed by atoms with van der Waals surface area (Å²) in [5.41, 5.74) is 0.897. The Hall–Kier alpha value is -2.14. The molecule has 0 radical (unpaired) electrons. The predicted octanol–water partition coefficient (Wildman–Crippen LogP) is 3.02. The van der Waals surface area contributed by atoms with E-state index in [1.165, 1.54) is 0 Å². The molecular weight excluding hydrogens is 266 g/mol. The lowest BCUT2D eigenvalue weighted by atomic mass is 10.2. The topological polar surface area (TPSA) is 56.3 Å². The van der Waals surface area contributed by atoms with Crippen molar-refractivity contribution in [2.75, 3.05) is 13.7 Å². The molecule has 1 heterocycles. The van der Waals surface area contributed by atoms with Crippen LogP contribution in [-0.4, -0.2) is 23.9 Å². The molecule has 0 bridgehead atoms. The molecule has 1 aromatic heterocycles. The molecular formula is C16H21N3O2. The van der Waals surface area contributed by atoms with Crippen LogP contribution in [0.1, 0.15) is 19.5 Å². The average Bonchev–Trinajstić information content (AvgIpc) is 2.49. The van der Waals surface area contributed by atoms with Crippen molar-refractivity contribution in [3.63, 3.8) is 0 Å². The highest BCUT2D eigenvalue weighted by atomic mass is 16.5. The minimum absolute atomic E-state index is 0.468. The van der Waals surface area contributed by atoms with Crippen molar-refractivity contribution in [1.29, 1.82) is 0 Å². The Morgan fingerprint density at radius 3 is 2.57 bits per heavy atom. The number of nitrogens with zero attached hydrogens (tertiary/aromatic N) is 2. The van der Waals surface area contributed by atoms with Gasteiger partial charge in [-0.1, -0.05) is 19.9 Å². The lowest BCUT2D eigenvalue weighted by Gasteiger charge is -2.08. The monoisotopic (exact) mass is 287 g/mol. The maximum atomic E-state index is 5.64. The Morgan fingerprint density at radius 2 is 1.90 bits per heavy atom. The van der Waals surface area contributed by atoms with E-state index in [-0.39, 0.29) is 0 Å². The summed E-state index contributed by atoms with van der Waals surface area (Å²) in [5, 5.41) is 11.5. The molecule has 0 aliphatic heterocycles. The van der Waals surface area contributed by atoms with Crippen LogP contribution in [0.4, 0.5) is 0 Å². The number of methoxy groups -OCH3 is 1. The summed E-state index contributed by atoms with van der Waals surface area (Å²) in [5.74, 6) is 2.51. The molecule has 1 aromatic carbocycles. The van der Waals surface area contributed by atoms with E-state index in [2.05, 4.69) is 29.4 Å². The van der Waals surface area contributed by atoms with E-state index in [0.717, 1.165) is 18.0 Å². The SMILES string of the molecule is COc1cccc(Oc2ccc(CNCC(C)C)nn2)c1. The van der Waals surface area contributed by atoms with E-state index < -0.39 is 0 Å². The second-order valence-corrected chi connectivity index (χ2v) is 5.17. The number of hydrogen-bond donors (Lipinski definition) is 1. The smallest absolute Gasteiger partial charge is 0.238 e. The van der Waals surface area contributed by atoms with Gasteiger partial charge in [-0.3, -0.25) is 0 Å². The van der Waals surface area contributed by atoms with Crippen LogP contribution in [0.2, 0.25) is 0 Å². The Bertz CT molecular complexity index is 556. The molecule has 21 heavy (non-hydrogen) atoms. The first-order valence-corrected chi connectivity index (χ1v) is 7.02. The predicted molar refractivity (Wildman–Crippen MR) is 81.6 cm³/mol. The molecule has 2 rings (SSSR count). The molecule has 0 saturated carbocycles. The molecule has 0 aliphatic rings. The van der Waals surface area contributed by atoms with Crippen molar-refractivity contribution in [3.8, 4) is 17.4 Å². The zero-order valence-corrected chi connectivity index (χ0v) is 12.7. The van der Waals surface area contributed by atoms with Gasteiger partial charge in [0.1, 0.15) is 11.5 Å². The van der Waals surface area contributed by atoms with E-state index in [0.29, 0.717) is 24.1 Å². The van der Waals surface area contributed by atoms with Crippen molar-refractivity contribution in [2.45, 2.75) is 20.4 Å². The molecule has 0 aliphatic carbocycles. The first kappa shape index (κ1) is 15.3. The molecule has 5 heteroatoms. The van der Waals surface area contributed by atoms with Crippen LogP contribution in [0.15, 0.2) is 36.4 Å². The third-order valence-corrected chi connectivity index (χ3v) is 2.82. The first-order valence-electron chi connectivity index (χ1n) is 7.02. The van der Waals surface area contributed by atoms with Gasteiger partial charge in [0.05, 0.1) is 12.8 Å². The Labute approximate surface area is 125 Å². The average molecular weight is 287 g/mol. The molecule has 0 amide bonds. The summed E-state index contributed by atoms with van der Waals surface area (Å²) in [4.78, 5) is 0. The third kappa shape index (κ3) is 5.04. The Balaban J connectivity index is 1.92. The number of nitrogens with one attached hydrogen (secondary N) is 1. The molecule has 2 aromatic rings. The fourth-order valence-electron chi connectivity index (χ4n) is 1.77. The summed E-state index contributed by atoms with van der Waals surface area (Å²) in [6.45, 7) is 6.02. The summed E-state index contributed by atoms with van der Waals surface area (Å²) in [6, 6.07) is 11.1. The quantitative estimate of drug-likeness (QED) is 0.848. The van der Waals surface area contributed by atoms with Crippen molar-refractivity contribution >= 4 is 0 Å². The molecule has 0 atom stereocenters. The van der Waals surface area contributed by atoms with Gasteiger partial charge >= 0.3 is 0 Å². The fourth-order valence-corrected chi connectivity index (χ4v) is 1.77. The van der Waals surface area contributed by atoms with Crippen LogP contribution < -0.4 is 14.8 Å². The Kier molecular flexibility index (Phi) is 5.51. The molecule has 1 N–H and O–H groups in total. The number of ether oxygens (including phenoxy) is 2. The van der Waals surface area contributed by atoms with Crippen LogP contribution in [-0.2, 0) is 6.54 Å². The summed E-state index contributed by atoms with van der Waals surface area (Å²) < 4.78 is 10.8. The molecule has 0 unspecified atom stereocenters.